The Hall–Kier alpha value is -4.15. The third-order valence-corrected chi connectivity index (χ3v) is 8.81. The quantitative estimate of drug-likeness (QED) is 0.183. The van der Waals surface area contributed by atoms with Crippen LogP contribution in [0.4, 0.5) is 0 Å². The van der Waals surface area contributed by atoms with Crippen molar-refractivity contribution in [2.45, 2.75) is 53.4 Å². The number of carbonyl (C=O) groups is 1. The van der Waals surface area contributed by atoms with Crippen molar-refractivity contribution in [1.82, 2.24) is 4.57 Å². The van der Waals surface area contributed by atoms with Crippen LogP contribution in [0.25, 0.3) is 6.08 Å². The number of carbonyl (C=O) groups excluding carboxylic acids is 1. The van der Waals surface area contributed by atoms with Crippen molar-refractivity contribution in [3.63, 3.8) is 0 Å². The van der Waals surface area contributed by atoms with E-state index in [9.17, 15) is 9.59 Å². The molecule has 0 saturated heterocycles. The van der Waals surface area contributed by atoms with E-state index >= 15 is 0 Å². The van der Waals surface area contributed by atoms with E-state index in [1.165, 1.54) is 11.3 Å². The average molecular weight is 692 g/mol. The second kappa shape index (κ2) is 13.9. The summed E-state index contributed by atoms with van der Waals surface area (Å²) in [4.78, 5) is 32.7. The highest BCUT2D eigenvalue weighted by Crippen LogP contribution is 2.37. The van der Waals surface area contributed by atoms with Gasteiger partial charge < -0.3 is 18.9 Å². The molecule has 1 aliphatic heterocycles. The van der Waals surface area contributed by atoms with Gasteiger partial charge in [-0.3, -0.25) is 9.36 Å². The SMILES string of the molecule is CCOC(=O)C1=C(C)N=c2s/c(=C/c3cc(OC)c(OCc4cccc(C)c4)cc3Br)c(=O)n2[C@H]1c1ccccc1OC(C)C. The molecule has 0 N–H and O–H groups in total. The summed E-state index contributed by atoms with van der Waals surface area (Å²) in [5, 5.41) is 0. The summed E-state index contributed by atoms with van der Waals surface area (Å²) in [5.74, 6) is 1.16. The van der Waals surface area contributed by atoms with E-state index in [4.69, 9.17) is 23.9 Å². The summed E-state index contributed by atoms with van der Waals surface area (Å²) < 4.78 is 26.1. The second-order valence-corrected chi connectivity index (χ2v) is 12.7. The highest BCUT2D eigenvalue weighted by atomic mass is 79.9. The van der Waals surface area contributed by atoms with Crippen LogP contribution in [0.1, 0.15) is 56.0 Å². The molecule has 0 unspecified atom stereocenters. The molecule has 45 heavy (non-hydrogen) atoms. The predicted molar refractivity (Wildman–Crippen MR) is 179 cm³/mol. The first-order valence-electron chi connectivity index (χ1n) is 14.6. The molecule has 2 heterocycles. The van der Waals surface area contributed by atoms with E-state index in [1.807, 2.05) is 75.4 Å². The molecule has 1 atom stereocenters. The van der Waals surface area contributed by atoms with Gasteiger partial charge in [-0.2, -0.15) is 0 Å². The Morgan fingerprint density at radius 3 is 2.56 bits per heavy atom. The van der Waals surface area contributed by atoms with Gasteiger partial charge in [-0.15, -0.1) is 0 Å². The van der Waals surface area contributed by atoms with Crippen LogP contribution in [0.5, 0.6) is 17.2 Å². The Bertz CT molecular complexity index is 1960. The number of para-hydroxylation sites is 1. The van der Waals surface area contributed by atoms with E-state index in [1.54, 1.807) is 31.6 Å². The number of nitrogens with zero attached hydrogens (tertiary/aromatic N) is 2. The van der Waals surface area contributed by atoms with Crippen LogP contribution in [0, 0.1) is 6.92 Å². The maximum atomic E-state index is 14.2. The Labute approximate surface area is 274 Å². The van der Waals surface area contributed by atoms with E-state index < -0.39 is 12.0 Å². The minimum absolute atomic E-state index is 0.116. The zero-order valence-electron chi connectivity index (χ0n) is 26.0. The minimum atomic E-state index is -0.784. The van der Waals surface area contributed by atoms with Crippen molar-refractivity contribution in [3.05, 3.63) is 118 Å². The van der Waals surface area contributed by atoms with Crippen molar-refractivity contribution >= 4 is 39.3 Å². The third-order valence-electron chi connectivity index (χ3n) is 7.14. The zero-order chi connectivity index (χ0) is 32.2. The molecule has 3 aromatic carbocycles. The fourth-order valence-electron chi connectivity index (χ4n) is 5.19. The molecule has 0 bridgehead atoms. The van der Waals surface area contributed by atoms with Crippen molar-refractivity contribution in [3.8, 4) is 17.2 Å². The maximum absolute atomic E-state index is 14.2. The molecule has 0 amide bonds. The number of aryl methyl sites for hydroxylation is 1. The molecule has 1 aromatic heterocycles. The van der Waals surface area contributed by atoms with Crippen molar-refractivity contribution in [2.24, 2.45) is 4.99 Å². The number of allylic oxidation sites excluding steroid dienone is 1. The Morgan fingerprint density at radius 1 is 1.07 bits per heavy atom. The van der Waals surface area contributed by atoms with Gasteiger partial charge in [-0.1, -0.05) is 75.3 Å². The number of halogens is 1. The first-order chi connectivity index (χ1) is 21.6. The molecule has 0 fully saturated rings. The van der Waals surface area contributed by atoms with Gasteiger partial charge in [0, 0.05) is 10.0 Å². The highest BCUT2D eigenvalue weighted by molar-refractivity contribution is 9.10. The van der Waals surface area contributed by atoms with Crippen LogP contribution in [0.15, 0.2) is 86.2 Å². The molecule has 0 spiro atoms. The van der Waals surface area contributed by atoms with Crippen LogP contribution < -0.4 is 29.1 Å². The summed E-state index contributed by atoms with van der Waals surface area (Å²) >= 11 is 4.91. The number of thiazole rings is 1. The van der Waals surface area contributed by atoms with Crippen LogP contribution in [0.3, 0.4) is 0 Å². The Morgan fingerprint density at radius 2 is 1.84 bits per heavy atom. The van der Waals surface area contributed by atoms with Gasteiger partial charge in [0.05, 0.1) is 35.6 Å². The van der Waals surface area contributed by atoms with Gasteiger partial charge in [-0.25, -0.2) is 9.79 Å². The number of hydrogen-bond donors (Lipinski definition) is 0. The number of benzene rings is 3. The predicted octanol–water partition coefficient (Wildman–Crippen LogP) is 6.24. The standard InChI is InChI=1S/C35H35BrN2O6S/c1-7-42-34(40)31-22(5)37-35-38(32(31)25-13-8-9-14-27(25)44-20(2)3)33(39)30(45-35)17-24-16-28(41-6)29(18-26(24)36)43-19-23-12-10-11-21(4)15-23/h8-18,20,32H,7,19H2,1-6H3/b30-17+/t32-/m0/s1. The first-order valence-corrected chi connectivity index (χ1v) is 16.2. The summed E-state index contributed by atoms with van der Waals surface area (Å²) in [6.07, 6.45) is 1.67. The molecule has 0 radical (unpaired) electrons. The number of ether oxygens (including phenoxy) is 4. The van der Waals surface area contributed by atoms with Crippen LogP contribution in [-0.4, -0.2) is 30.4 Å². The second-order valence-electron chi connectivity index (χ2n) is 10.8. The molecular formula is C35H35BrN2O6S. The van der Waals surface area contributed by atoms with Gasteiger partial charge in [0.1, 0.15) is 18.4 Å². The summed E-state index contributed by atoms with van der Waals surface area (Å²) in [6, 6.07) is 18.4. The Kier molecular flexibility index (Phi) is 9.94. The molecule has 10 heteroatoms. The molecule has 1 aliphatic rings. The van der Waals surface area contributed by atoms with Gasteiger partial charge in [0.25, 0.3) is 5.56 Å². The minimum Gasteiger partial charge on any atom is -0.493 e. The van der Waals surface area contributed by atoms with Gasteiger partial charge in [0.15, 0.2) is 16.3 Å². The number of methoxy groups -OCH3 is 1. The van der Waals surface area contributed by atoms with E-state index in [-0.39, 0.29) is 18.3 Å². The smallest absolute Gasteiger partial charge is 0.338 e. The van der Waals surface area contributed by atoms with Crippen molar-refractivity contribution in [1.29, 1.82) is 0 Å². The number of esters is 1. The number of hydrogen-bond acceptors (Lipinski definition) is 8. The van der Waals surface area contributed by atoms with Crippen LogP contribution in [0.2, 0.25) is 0 Å². The normalized spacial score (nSPS) is 14.7. The fraction of sp³-hybridized carbons (Fsp3) is 0.286. The summed E-state index contributed by atoms with van der Waals surface area (Å²) in [7, 11) is 1.58. The highest BCUT2D eigenvalue weighted by Gasteiger charge is 2.35. The largest absolute Gasteiger partial charge is 0.493 e. The lowest BCUT2D eigenvalue weighted by Gasteiger charge is -2.26. The number of fused-ring (bicyclic) bond motifs is 1. The fourth-order valence-corrected chi connectivity index (χ4v) is 6.67. The number of rotatable bonds is 10. The topological polar surface area (TPSA) is 88.4 Å². The van der Waals surface area contributed by atoms with Gasteiger partial charge >= 0.3 is 5.97 Å². The van der Waals surface area contributed by atoms with Gasteiger partial charge in [-0.05, 0) is 70.0 Å². The van der Waals surface area contributed by atoms with Crippen LogP contribution in [-0.2, 0) is 16.1 Å². The average Bonchev–Trinajstić information content (AvgIpc) is 3.30. The lowest BCUT2D eigenvalue weighted by Crippen LogP contribution is -2.40. The summed E-state index contributed by atoms with van der Waals surface area (Å²) in [5.41, 5.74) is 4.10. The lowest BCUT2D eigenvalue weighted by atomic mass is 9.95. The van der Waals surface area contributed by atoms with Crippen LogP contribution >= 0.6 is 27.3 Å². The summed E-state index contributed by atoms with van der Waals surface area (Å²) in [6.45, 7) is 9.99. The molecule has 4 aromatic rings. The van der Waals surface area contributed by atoms with Crippen molar-refractivity contribution < 1.29 is 23.7 Å². The molecule has 234 valence electrons. The zero-order valence-corrected chi connectivity index (χ0v) is 28.5. The monoisotopic (exact) mass is 690 g/mol. The van der Waals surface area contributed by atoms with E-state index in [2.05, 4.69) is 22.0 Å². The molecule has 5 rings (SSSR count). The lowest BCUT2D eigenvalue weighted by molar-refractivity contribution is -0.139. The van der Waals surface area contributed by atoms with E-state index in [0.29, 0.717) is 50.0 Å². The van der Waals surface area contributed by atoms with E-state index in [0.717, 1.165) is 21.2 Å². The third kappa shape index (κ3) is 6.92. The number of aromatic nitrogens is 1. The Balaban J connectivity index is 1.61. The molecule has 0 saturated carbocycles. The van der Waals surface area contributed by atoms with Crippen molar-refractivity contribution in [2.75, 3.05) is 13.7 Å². The molecule has 8 nitrogen and oxygen atoms in total. The molecular weight excluding hydrogens is 656 g/mol. The molecule has 0 aliphatic carbocycles. The maximum Gasteiger partial charge on any atom is 0.338 e. The van der Waals surface area contributed by atoms with Gasteiger partial charge in [0.2, 0.25) is 0 Å². The first kappa shape index (κ1) is 32.2.